The van der Waals surface area contributed by atoms with Crippen LogP contribution in [0.4, 0.5) is 11.4 Å². The minimum absolute atomic E-state index is 0.0478. The Morgan fingerprint density at radius 2 is 2.25 bits per heavy atom. The Hall–Kier alpha value is -1.30. The Bertz CT molecular complexity index is 494. The molecule has 1 unspecified atom stereocenters. The number of nitrogens with two attached hydrogens (primary N) is 1. The largest absolute Gasteiger partial charge is 0.399 e. The third-order valence-electron chi connectivity index (χ3n) is 3.68. The lowest BCUT2D eigenvalue weighted by atomic mass is 10.2. The molecule has 20 heavy (non-hydrogen) atoms. The van der Waals surface area contributed by atoms with Crippen LogP contribution in [0.2, 0.25) is 5.02 Å². The van der Waals surface area contributed by atoms with Gasteiger partial charge in [-0.25, -0.2) is 0 Å². The molecule has 0 radical (unpaired) electrons. The zero-order valence-corrected chi connectivity index (χ0v) is 12.7. The van der Waals surface area contributed by atoms with E-state index < -0.39 is 0 Å². The molecular weight excluding hydrogens is 276 g/mol. The van der Waals surface area contributed by atoms with Crippen molar-refractivity contribution in [2.24, 2.45) is 0 Å². The van der Waals surface area contributed by atoms with Crippen molar-refractivity contribution in [2.45, 2.75) is 13.0 Å². The van der Waals surface area contributed by atoms with E-state index in [9.17, 15) is 4.79 Å². The number of likely N-dealkylation sites (N-methyl/N-ethyl adjacent to an activating group) is 1. The number of rotatable bonds is 3. The van der Waals surface area contributed by atoms with Crippen LogP contribution in [0.25, 0.3) is 0 Å². The molecule has 1 aliphatic rings. The Morgan fingerprint density at radius 3 is 2.90 bits per heavy atom. The van der Waals surface area contributed by atoms with Crippen molar-refractivity contribution in [1.29, 1.82) is 0 Å². The van der Waals surface area contributed by atoms with E-state index in [0.717, 1.165) is 19.6 Å². The molecule has 0 bridgehead atoms. The van der Waals surface area contributed by atoms with Crippen LogP contribution in [0, 0.1) is 0 Å². The number of nitrogens with zero attached hydrogens (tertiary/aromatic N) is 2. The SMILES string of the molecule is CC1CN(CC(=O)Nc2ccc(N)cc2Cl)CCN1C. The van der Waals surface area contributed by atoms with E-state index in [0.29, 0.717) is 29.0 Å². The molecule has 2 rings (SSSR count). The number of amides is 1. The number of benzene rings is 1. The normalized spacial score (nSPS) is 20.9. The van der Waals surface area contributed by atoms with Gasteiger partial charge in [0.05, 0.1) is 17.3 Å². The maximum Gasteiger partial charge on any atom is 0.238 e. The van der Waals surface area contributed by atoms with Crippen LogP contribution in [0.15, 0.2) is 18.2 Å². The standard InChI is InChI=1S/C14H21ClN4O/c1-10-8-19(6-5-18(10)2)9-14(20)17-13-4-3-11(16)7-12(13)15/h3-4,7,10H,5-6,8-9,16H2,1-2H3,(H,17,20). The van der Waals surface area contributed by atoms with E-state index in [2.05, 4.69) is 29.1 Å². The molecule has 1 aromatic carbocycles. The number of carbonyl (C=O) groups is 1. The second-order valence-corrected chi connectivity index (χ2v) is 5.76. The molecule has 1 aromatic rings. The van der Waals surface area contributed by atoms with Gasteiger partial charge in [0.25, 0.3) is 0 Å². The van der Waals surface area contributed by atoms with Gasteiger partial charge >= 0.3 is 0 Å². The van der Waals surface area contributed by atoms with Gasteiger partial charge in [-0.2, -0.15) is 0 Å². The molecule has 6 heteroatoms. The lowest BCUT2D eigenvalue weighted by Crippen LogP contribution is -2.51. The molecule has 1 heterocycles. The van der Waals surface area contributed by atoms with Gasteiger partial charge in [-0.1, -0.05) is 11.6 Å². The fourth-order valence-corrected chi connectivity index (χ4v) is 2.53. The van der Waals surface area contributed by atoms with Crippen LogP contribution in [0.5, 0.6) is 0 Å². The van der Waals surface area contributed by atoms with Gasteiger partial charge in [-0.15, -0.1) is 0 Å². The van der Waals surface area contributed by atoms with Crippen molar-refractivity contribution in [3.63, 3.8) is 0 Å². The van der Waals surface area contributed by atoms with E-state index in [-0.39, 0.29) is 5.91 Å². The number of hydrogen-bond acceptors (Lipinski definition) is 4. The summed E-state index contributed by atoms with van der Waals surface area (Å²) in [6.45, 7) is 5.35. The first kappa shape index (κ1) is 15.1. The monoisotopic (exact) mass is 296 g/mol. The Kier molecular flexibility index (Phi) is 4.86. The van der Waals surface area contributed by atoms with Crippen LogP contribution in [0.1, 0.15) is 6.92 Å². The van der Waals surface area contributed by atoms with Crippen LogP contribution >= 0.6 is 11.6 Å². The highest BCUT2D eigenvalue weighted by Crippen LogP contribution is 2.23. The first-order chi connectivity index (χ1) is 9.45. The summed E-state index contributed by atoms with van der Waals surface area (Å²) in [4.78, 5) is 16.5. The van der Waals surface area contributed by atoms with Crippen LogP contribution in [0.3, 0.4) is 0 Å². The maximum absolute atomic E-state index is 12.0. The molecule has 0 spiro atoms. The van der Waals surface area contributed by atoms with Crippen LogP contribution < -0.4 is 11.1 Å². The van der Waals surface area contributed by atoms with Crippen molar-refractivity contribution >= 4 is 28.9 Å². The zero-order valence-electron chi connectivity index (χ0n) is 11.9. The highest BCUT2D eigenvalue weighted by molar-refractivity contribution is 6.34. The van der Waals surface area contributed by atoms with E-state index in [1.165, 1.54) is 0 Å². The second-order valence-electron chi connectivity index (χ2n) is 5.35. The van der Waals surface area contributed by atoms with Gasteiger partial charge in [0.15, 0.2) is 0 Å². The molecule has 1 aliphatic heterocycles. The summed E-state index contributed by atoms with van der Waals surface area (Å²) in [6, 6.07) is 5.55. The van der Waals surface area contributed by atoms with Gasteiger partial charge in [-0.05, 0) is 32.2 Å². The maximum atomic E-state index is 12.0. The summed E-state index contributed by atoms with van der Waals surface area (Å²) in [5, 5.41) is 3.29. The van der Waals surface area contributed by atoms with E-state index >= 15 is 0 Å². The number of nitrogen functional groups attached to an aromatic ring is 1. The van der Waals surface area contributed by atoms with E-state index in [1.54, 1.807) is 18.2 Å². The van der Waals surface area contributed by atoms with Gasteiger partial charge in [-0.3, -0.25) is 9.69 Å². The van der Waals surface area contributed by atoms with Gasteiger partial charge in [0, 0.05) is 31.4 Å². The minimum atomic E-state index is -0.0478. The zero-order chi connectivity index (χ0) is 14.7. The third kappa shape index (κ3) is 3.85. The molecule has 0 aromatic heterocycles. The van der Waals surface area contributed by atoms with Crippen molar-refractivity contribution in [3.05, 3.63) is 23.2 Å². The highest BCUT2D eigenvalue weighted by atomic mass is 35.5. The number of carbonyl (C=O) groups excluding carboxylic acids is 1. The molecule has 0 aliphatic carbocycles. The van der Waals surface area contributed by atoms with Crippen molar-refractivity contribution in [3.8, 4) is 0 Å². The van der Waals surface area contributed by atoms with Crippen LogP contribution in [-0.2, 0) is 4.79 Å². The molecule has 110 valence electrons. The Labute approximate surface area is 124 Å². The van der Waals surface area contributed by atoms with Crippen molar-refractivity contribution in [2.75, 3.05) is 44.3 Å². The predicted octanol–water partition coefficient (Wildman–Crippen LogP) is 1.50. The number of piperazine rings is 1. The predicted molar refractivity (Wildman–Crippen MR) is 83.0 cm³/mol. The molecule has 0 saturated carbocycles. The average Bonchev–Trinajstić information content (AvgIpc) is 2.37. The lowest BCUT2D eigenvalue weighted by Gasteiger charge is -2.37. The molecule has 1 saturated heterocycles. The summed E-state index contributed by atoms with van der Waals surface area (Å²) in [6.07, 6.45) is 0. The molecule has 3 N–H and O–H groups in total. The summed E-state index contributed by atoms with van der Waals surface area (Å²) >= 11 is 6.04. The highest BCUT2D eigenvalue weighted by Gasteiger charge is 2.22. The quantitative estimate of drug-likeness (QED) is 0.830. The second kappa shape index (κ2) is 6.43. The number of anilines is 2. The number of nitrogens with one attached hydrogen (secondary N) is 1. The average molecular weight is 297 g/mol. The smallest absolute Gasteiger partial charge is 0.238 e. The third-order valence-corrected chi connectivity index (χ3v) is 3.99. The van der Waals surface area contributed by atoms with Crippen molar-refractivity contribution < 1.29 is 4.79 Å². The topological polar surface area (TPSA) is 61.6 Å². The molecular formula is C14H21ClN4O. The van der Waals surface area contributed by atoms with Crippen LogP contribution in [-0.4, -0.2) is 55.0 Å². The fourth-order valence-electron chi connectivity index (χ4n) is 2.29. The molecule has 1 amide bonds. The Morgan fingerprint density at radius 1 is 1.50 bits per heavy atom. The minimum Gasteiger partial charge on any atom is -0.399 e. The fraction of sp³-hybridized carbons (Fsp3) is 0.500. The number of hydrogen-bond donors (Lipinski definition) is 2. The van der Waals surface area contributed by atoms with Gasteiger partial charge in [0.2, 0.25) is 5.91 Å². The summed E-state index contributed by atoms with van der Waals surface area (Å²) in [5.74, 6) is -0.0478. The van der Waals surface area contributed by atoms with Gasteiger partial charge in [0.1, 0.15) is 0 Å². The number of halogens is 1. The molecule has 5 nitrogen and oxygen atoms in total. The summed E-state index contributed by atoms with van der Waals surface area (Å²) in [7, 11) is 2.11. The first-order valence-corrected chi connectivity index (χ1v) is 7.11. The lowest BCUT2D eigenvalue weighted by molar-refractivity contribution is -0.117. The van der Waals surface area contributed by atoms with E-state index in [4.69, 9.17) is 17.3 Å². The first-order valence-electron chi connectivity index (χ1n) is 6.73. The summed E-state index contributed by atoms with van der Waals surface area (Å²) in [5.41, 5.74) is 6.81. The summed E-state index contributed by atoms with van der Waals surface area (Å²) < 4.78 is 0. The molecule has 1 fully saturated rings. The van der Waals surface area contributed by atoms with Crippen molar-refractivity contribution in [1.82, 2.24) is 9.80 Å². The van der Waals surface area contributed by atoms with E-state index in [1.807, 2.05) is 0 Å². The Balaban J connectivity index is 1.89. The van der Waals surface area contributed by atoms with Gasteiger partial charge < -0.3 is 16.0 Å². The molecule has 1 atom stereocenters.